The summed E-state index contributed by atoms with van der Waals surface area (Å²) in [5.74, 6) is 1.77. The number of anilines is 1. The van der Waals surface area contributed by atoms with Gasteiger partial charge in [-0.05, 0) is 37.9 Å². The Kier molecular flexibility index (Phi) is 8.31. The monoisotopic (exact) mass is 497 g/mol. The van der Waals surface area contributed by atoms with E-state index in [0.717, 1.165) is 17.0 Å². The maximum Gasteiger partial charge on any atom is 0.225 e. The normalized spacial score (nSPS) is 17.4. The average Bonchev–Trinajstić information content (AvgIpc) is 3.18. The number of carbonyl (C=O) groups is 1. The number of rotatable bonds is 6. The summed E-state index contributed by atoms with van der Waals surface area (Å²) in [7, 11) is 5.78. The van der Waals surface area contributed by atoms with Gasteiger partial charge in [0, 0.05) is 38.2 Å². The van der Waals surface area contributed by atoms with E-state index >= 15 is 0 Å². The standard InChI is InChI=1S/C20H27N5O2.HI/c1-21-20(23-13-17(25(2)3)18-9-6-10-27-18)22-12-14-11-19(26)24-16-8-5-4-7-15(14)16;/h4-10,14,17H,11-13H2,1-3H3,(H,24,26)(H2,21,22,23);1H. The summed E-state index contributed by atoms with van der Waals surface area (Å²) in [5.41, 5.74) is 2.05. The Morgan fingerprint density at radius 2 is 2.07 bits per heavy atom. The van der Waals surface area contributed by atoms with Crippen LogP contribution < -0.4 is 16.0 Å². The number of hydrogen-bond donors (Lipinski definition) is 3. The minimum absolute atomic E-state index is 0. The van der Waals surface area contributed by atoms with Crippen LogP contribution in [-0.2, 0) is 4.79 Å². The number of nitrogens with zero attached hydrogens (tertiary/aromatic N) is 2. The van der Waals surface area contributed by atoms with E-state index < -0.39 is 0 Å². The molecule has 3 rings (SSSR count). The van der Waals surface area contributed by atoms with Crippen LogP contribution in [-0.4, -0.2) is 51.0 Å². The fourth-order valence-electron chi connectivity index (χ4n) is 3.34. The summed E-state index contributed by atoms with van der Waals surface area (Å²) in [6.07, 6.45) is 2.15. The van der Waals surface area contributed by atoms with Crippen molar-refractivity contribution in [2.24, 2.45) is 4.99 Å². The zero-order chi connectivity index (χ0) is 19.2. The van der Waals surface area contributed by atoms with Crippen LogP contribution in [0.25, 0.3) is 0 Å². The minimum atomic E-state index is 0. The van der Waals surface area contributed by atoms with Crippen molar-refractivity contribution >= 4 is 41.5 Å². The third-order valence-electron chi connectivity index (χ3n) is 4.80. The number of fused-ring (bicyclic) bond motifs is 1. The molecule has 0 saturated heterocycles. The molecule has 152 valence electrons. The molecule has 0 aliphatic carbocycles. The molecule has 0 spiro atoms. The first kappa shape index (κ1) is 22.2. The van der Waals surface area contributed by atoms with Crippen molar-refractivity contribution in [2.45, 2.75) is 18.4 Å². The lowest BCUT2D eigenvalue weighted by Gasteiger charge is -2.27. The van der Waals surface area contributed by atoms with Crippen molar-refractivity contribution < 1.29 is 9.21 Å². The average molecular weight is 497 g/mol. The van der Waals surface area contributed by atoms with Gasteiger partial charge in [0.05, 0.1) is 12.3 Å². The van der Waals surface area contributed by atoms with Crippen LogP contribution in [0.5, 0.6) is 0 Å². The first-order valence-corrected chi connectivity index (χ1v) is 9.11. The number of aliphatic imine (C=N–C) groups is 1. The van der Waals surface area contributed by atoms with E-state index in [-0.39, 0.29) is 41.8 Å². The molecule has 1 amide bonds. The second-order valence-electron chi connectivity index (χ2n) is 6.87. The Hall–Kier alpha value is -2.07. The molecular formula is C20H28IN5O2. The molecule has 1 aliphatic rings. The molecule has 0 fully saturated rings. The van der Waals surface area contributed by atoms with Crippen LogP contribution in [0, 0.1) is 0 Å². The predicted octanol–water partition coefficient (Wildman–Crippen LogP) is 2.79. The smallest absolute Gasteiger partial charge is 0.225 e. The van der Waals surface area contributed by atoms with Crippen LogP contribution in [0.3, 0.4) is 0 Å². The van der Waals surface area contributed by atoms with E-state index in [1.54, 1.807) is 13.3 Å². The fraction of sp³-hybridized carbons (Fsp3) is 0.400. The van der Waals surface area contributed by atoms with E-state index in [4.69, 9.17) is 4.42 Å². The fourth-order valence-corrected chi connectivity index (χ4v) is 3.34. The lowest BCUT2D eigenvalue weighted by Crippen LogP contribution is -2.43. The van der Waals surface area contributed by atoms with Gasteiger partial charge in [-0.25, -0.2) is 0 Å². The highest BCUT2D eigenvalue weighted by atomic mass is 127. The van der Waals surface area contributed by atoms with Gasteiger partial charge in [-0.15, -0.1) is 24.0 Å². The second kappa shape index (κ2) is 10.5. The van der Waals surface area contributed by atoms with Gasteiger partial charge in [-0.1, -0.05) is 18.2 Å². The quantitative estimate of drug-likeness (QED) is 0.325. The van der Waals surface area contributed by atoms with Gasteiger partial charge >= 0.3 is 0 Å². The number of furan rings is 1. The number of para-hydroxylation sites is 1. The molecule has 2 atom stereocenters. The number of amides is 1. The summed E-state index contributed by atoms with van der Waals surface area (Å²) in [6.45, 7) is 1.29. The molecule has 2 aromatic rings. The first-order valence-electron chi connectivity index (χ1n) is 9.11. The first-order chi connectivity index (χ1) is 13.1. The van der Waals surface area contributed by atoms with Crippen LogP contribution in [0.1, 0.15) is 29.7 Å². The summed E-state index contributed by atoms with van der Waals surface area (Å²) < 4.78 is 5.54. The van der Waals surface area contributed by atoms with Crippen LogP contribution in [0.2, 0.25) is 0 Å². The van der Waals surface area contributed by atoms with Crippen molar-refractivity contribution in [2.75, 3.05) is 39.5 Å². The van der Waals surface area contributed by atoms with Crippen molar-refractivity contribution in [3.05, 3.63) is 54.0 Å². The van der Waals surface area contributed by atoms with Gasteiger partial charge < -0.3 is 20.4 Å². The largest absolute Gasteiger partial charge is 0.468 e. The molecule has 1 aliphatic heterocycles. The van der Waals surface area contributed by atoms with Gasteiger partial charge in [-0.2, -0.15) is 0 Å². The molecule has 2 unspecified atom stereocenters. The zero-order valence-electron chi connectivity index (χ0n) is 16.4. The predicted molar refractivity (Wildman–Crippen MR) is 122 cm³/mol. The highest BCUT2D eigenvalue weighted by molar-refractivity contribution is 14.0. The van der Waals surface area contributed by atoms with Gasteiger partial charge in [0.15, 0.2) is 5.96 Å². The Bertz CT molecular complexity index is 792. The lowest BCUT2D eigenvalue weighted by molar-refractivity contribution is -0.116. The molecule has 0 saturated carbocycles. The summed E-state index contributed by atoms with van der Waals surface area (Å²) >= 11 is 0. The molecule has 1 aromatic heterocycles. The maximum atomic E-state index is 12.0. The van der Waals surface area contributed by atoms with Crippen LogP contribution in [0.4, 0.5) is 5.69 Å². The van der Waals surface area contributed by atoms with Crippen molar-refractivity contribution in [3.63, 3.8) is 0 Å². The zero-order valence-corrected chi connectivity index (χ0v) is 18.8. The van der Waals surface area contributed by atoms with Gasteiger partial charge in [0.25, 0.3) is 0 Å². The Morgan fingerprint density at radius 1 is 1.29 bits per heavy atom. The van der Waals surface area contributed by atoms with Gasteiger partial charge in [0.1, 0.15) is 5.76 Å². The number of halogens is 1. The van der Waals surface area contributed by atoms with Crippen molar-refractivity contribution in [1.29, 1.82) is 0 Å². The second-order valence-corrected chi connectivity index (χ2v) is 6.87. The topological polar surface area (TPSA) is 81.9 Å². The molecule has 2 heterocycles. The third-order valence-corrected chi connectivity index (χ3v) is 4.80. The van der Waals surface area contributed by atoms with Gasteiger partial charge in [0.2, 0.25) is 5.91 Å². The van der Waals surface area contributed by atoms with Crippen molar-refractivity contribution in [3.8, 4) is 0 Å². The molecular weight excluding hydrogens is 469 g/mol. The number of nitrogens with one attached hydrogen (secondary N) is 3. The van der Waals surface area contributed by atoms with E-state index in [9.17, 15) is 4.79 Å². The molecule has 0 radical (unpaired) electrons. The minimum Gasteiger partial charge on any atom is -0.468 e. The number of carbonyl (C=O) groups excluding carboxylic acids is 1. The van der Waals surface area contributed by atoms with Crippen LogP contribution in [0.15, 0.2) is 52.1 Å². The molecule has 1 aromatic carbocycles. The van der Waals surface area contributed by atoms with Gasteiger partial charge in [-0.3, -0.25) is 14.7 Å². The summed E-state index contributed by atoms with van der Waals surface area (Å²) in [4.78, 5) is 18.4. The van der Waals surface area contributed by atoms with E-state index in [1.165, 1.54) is 0 Å². The number of hydrogen-bond acceptors (Lipinski definition) is 4. The number of benzene rings is 1. The number of likely N-dealkylation sites (N-methyl/N-ethyl adjacent to an activating group) is 1. The van der Waals surface area contributed by atoms with E-state index in [0.29, 0.717) is 25.5 Å². The third kappa shape index (κ3) is 5.48. The molecule has 8 heteroatoms. The molecule has 0 bridgehead atoms. The van der Waals surface area contributed by atoms with Crippen LogP contribution >= 0.6 is 24.0 Å². The SMILES string of the molecule is CN=C(NCC1CC(=O)Nc2ccccc21)NCC(c1ccco1)N(C)C.I. The Morgan fingerprint density at radius 3 is 2.75 bits per heavy atom. The Balaban J connectivity index is 0.00000280. The molecule has 3 N–H and O–H groups in total. The number of guanidine groups is 1. The Labute approximate surface area is 183 Å². The maximum absolute atomic E-state index is 12.0. The summed E-state index contributed by atoms with van der Waals surface area (Å²) in [6, 6.07) is 11.9. The van der Waals surface area contributed by atoms with Crippen molar-refractivity contribution in [1.82, 2.24) is 15.5 Å². The highest BCUT2D eigenvalue weighted by Crippen LogP contribution is 2.31. The van der Waals surface area contributed by atoms with E-state index in [2.05, 4.69) is 31.9 Å². The highest BCUT2D eigenvalue weighted by Gasteiger charge is 2.25. The molecule has 7 nitrogen and oxygen atoms in total. The molecule has 28 heavy (non-hydrogen) atoms. The van der Waals surface area contributed by atoms with E-state index in [1.807, 2.05) is 44.4 Å². The lowest BCUT2D eigenvalue weighted by atomic mass is 9.90. The summed E-state index contributed by atoms with van der Waals surface area (Å²) in [5, 5.41) is 9.63.